The molecule has 0 spiro atoms. The zero-order chi connectivity index (χ0) is 11.1. The van der Waals surface area contributed by atoms with Crippen LogP contribution in [0.3, 0.4) is 0 Å². The van der Waals surface area contributed by atoms with Gasteiger partial charge in [0, 0.05) is 30.6 Å². The molecule has 0 aromatic carbocycles. The summed E-state index contributed by atoms with van der Waals surface area (Å²) in [5, 5.41) is 9.32. The highest BCUT2D eigenvalue weighted by Crippen LogP contribution is 2.21. The second kappa shape index (κ2) is 3.30. The van der Waals surface area contributed by atoms with E-state index in [0.29, 0.717) is 6.61 Å². The molecule has 5 heteroatoms. The summed E-state index contributed by atoms with van der Waals surface area (Å²) in [6.07, 6.45) is 4.55. The van der Waals surface area contributed by atoms with Gasteiger partial charge in [-0.1, -0.05) is 5.16 Å². The Hall–Kier alpha value is -1.91. The van der Waals surface area contributed by atoms with E-state index in [1.165, 1.54) is 5.56 Å². The molecule has 1 aliphatic heterocycles. The first kappa shape index (κ1) is 9.33. The second-order valence-electron chi connectivity index (χ2n) is 3.92. The summed E-state index contributed by atoms with van der Waals surface area (Å²) in [4.78, 5) is 9.43. The first-order chi connectivity index (χ1) is 7.77. The van der Waals surface area contributed by atoms with Gasteiger partial charge in [0.25, 0.3) is 0 Å². The molecule has 0 fully saturated rings. The Bertz CT molecular complexity index is 585. The van der Waals surface area contributed by atoms with E-state index in [2.05, 4.69) is 22.2 Å². The summed E-state index contributed by atoms with van der Waals surface area (Å²) in [6.45, 7) is 2.74. The number of hydrogen-bond acceptors (Lipinski definition) is 4. The number of hydrogen-bond donors (Lipinski definition) is 0. The third-order valence-corrected chi connectivity index (χ3v) is 2.95. The average molecular weight is 216 g/mol. The Morgan fingerprint density at radius 2 is 2.25 bits per heavy atom. The summed E-state index contributed by atoms with van der Waals surface area (Å²) < 4.78 is 1.78. The van der Waals surface area contributed by atoms with Crippen molar-refractivity contribution in [3.05, 3.63) is 23.5 Å². The van der Waals surface area contributed by atoms with E-state index in [9.17, 15) is 0 Å². The highest BCUT2D eigenvalue weighted by Gasteiger charge is 2.16. The third kappa shape index (κ3) is 1.21. The van der Waals surface area contributed by atoms with Crippen molar-refractivity contribution in [3.63, 3.8) is 0 Å². The van der Waals surface area contributed by atoms with Gasteiger partial charge in [-0.25, -0.2) is 4.98 Å². The Morgan fingerprint density at radius 1 is 1.38 bits per heavy atom. The molecule has 1 aliphatic rings. The molecule has 0 radical (unpaired) electrons. The van der Waals surface area contributed by atoms with Crippen molar-refractivity contribution >= 4 is 16.7 Å². The Kier molecular flexibility index (Phi) is 1.92. The van der Waals surface area contributed by atoms with Gasteiger partial charge in [0.2, 0.25) is 0 Å². The van der Waals surface area contributed by atoms with Crippen LogP contribution in [0.1, 0.15) is 17.5 Å². The molecule has 0 atom stereocenters. The van der Waals surface area contributed by atoms with Crippen molar-refractivity contribution < 1.29 is 4.84 Å². The van der Waals surface area contributed by atoms with E-state index in [-0.39, 0.29) is 0 Å². The molecule has 0 bridgehead atoms. The molecule has 2 aromatic rings. The average Bonchev–Trinajstić information content (AvgIpc) is 2.90. The van der Waals surface area contributed by atoms with Gasteiger partial charge in [0.15, 0.2) is 5.65 Å². The van der Waals surface area contributed by atoms with E-state index < -0.39 is 0 Å². The highest BCUT2D eigenvalue weighted by atomic mass is 16.6. The summed E-state index contributed by atoms with van der Waals surface area (Å²) in [5.74, 6) is 0. The molecule has 16 heavy (non-hydrogen) atoms. The van der Waals surface area contributed by atoms with Crippen LogP contribution in [0.4, 0.5) is 0 Å². The summed E-state index contributed by atoms with van der Waals surface area (Å²) in [6, 6.07) is 0. The van der Waals surface area contributed by atoms with E-state index >= 15 is 0 Å². The lowest BCUT2D eigenvalue weighted by Crippen LogP contribution is -2.02. The van der Waals surface area contributed by atoms with Crippen molar-refractivity contribution in [2.45, 2.75) is 13.3 Å². The topological polar surface area (TPSA) is 52.3 Å². The smallest absolute Gasteiger partial charge is 0.157 e. The number of oxime groups is 1. The van der Waals surface area contributed by atoms with E-state index in [1.54, 1.807) is 4.68 Å². The lowest BCUT2D eigenvalue weighted by atomic mass is 10.0. The van der Waals surface area contributed by atoms with Gasteiger partial charge in [-0.3, -0.25) is 4.68 Å². The van der Waals surface area contributed by atoms with Crippen LogP contribution in [0, 0.1) is 6.92 Å². The highest BCUT2D eigenvalue weighted by molar-refractivity contribution is 6.04. The molecule has 0 aliphatic carbocycles. The molecule has 0 saturated heterocycles. The van der Waals surface area contributed by atoms with Gasteiger partial charge in [-0.05, 0) is 12.5 Å². The third-order valence-electron chi connectivity index (χ3n) is 2.95. The molecule has 0 N–H and O–H groups in total. The van der Waals surface area contributed by atoms with Gasteiger partial charge >= 0.3 is 0 Å². The van der Waals surface area contributed by atoms with Gasteiger partial charge < -0.3 is 4.84 Å². The van der Waals surface area contributed by atoms with Crippen molar-refractivity contribution in [2.75, 3.05) is 6.61 Å². The fraction of sp³-hybridized carbons (Fsp3) is 0.364. The minimum Gasteiger partial charge on any atom is -0.395 e. The van der Waals surface area contributed by atoms with Gasteiger partial charge in [0.1, 0.15) is 6.61 Å². The Labute approximate surface area is 92.7 Å². The maximum absolute atomic E-state index is 5.02. The maximum Gasteiger partial charge on any atom is 0.157 e. The molecule has 2 aromatic heterocycles. The lowest BCUT2D eigenvalue weighted by Gasteiger charge is -2.04. The fourth-order valence-corrected chi connectivity index (χ4v) is 2.00. The Balaban J connectivity index is 2.23. The van der Waals surface area contributed by atoms with Crippen molar-refractivity contribution in [1.82, 2.24) is 14.8 Å². The van der Waals surface area contributed by atoms with Gasteiger partial charge in [-0.2, -0.15) is 5.10 Å². The van der Waals surface area contributed by atoms with Gasteiger partial charge in [0.05, 0.1) is 11.9 Å². The van der Waals surface area contributed by atoms with Crippen LogP contribution < -0.4 is 0 Å². The van der Waals surface area contributed by atoms with Crippen LogP contribution in [0.25, 0.3) is 11.0 Å². The number of aromatic nitrogens is 3. The first-order valence-corrected chi connectivity index (χ1v) is 5.24. The van der Waals surface area contributed by atoms with Crippen LogP contribution in [0.2, 0.25) is 0 Å². The number of rotatable bonds is 1. The van der Waals surface area contributed by atoms with Crippen molar-refractivity contribution in [1.29, 1.82) is 0 Å². The SMILES string of the molecule is Cc1c(C2=NOCC2)cnc2c1cnn2C. The zero-order valence-electron chi connectivity index (χ0n) is 9.27. The predicted octanol–water partition coefficient (Wildman–Crippen LogP) is 1.40. The molecule has 3 rings (SSSR count). The predicted molar refractivity (Wildman–Crippen MR) is 60.4 cm³/mol. The summed E-state index contributed by atoms with van der Waals surface area (Å²) in [5.41, 5.74) is 4.12. The number of nitrogens with zero attached hydrogens (tertiary/aromatic N) is 4. The molecule has 82 valence electrons. The van der Waals surface area contributed by atoms with Gasteiger partial charge in [-0.15, -0.1) is 0 Å². The monoisotopic (exact) mass is 216 g/mol. The second-order valence-corrected chi connectivity index (χ2v) is 3.92. The normalized spacial score (nSPS) is 15.2. The molecular formula is C11H12N4O. The van der Waals surface area contributed by atoms with Crippen LogP contribution in [0.15, 0.2) is 17.5 Å². The number of fused-ring (bicyclic) bond motifs is 1. The fourth-order valence-electron chi connectivity index (χ4n) is 2.00. The minimum absolute atomic E-state index is 0.667. The van der Waals surface area contributed by atoms with Crippen molar-refractivity contribution in [2.24, 2.45) is 12.2 Å². The summed E-state index contributed by atoms with van der Waals surface area (Å²) >= 11 is 0. The molecule has 0 saturated carbocycles. The van der Waals surface area contributed by atoms with Crippen molar-refractivity contribution in [3.8, 4) is 0 Å². The van der Waals surface area contributed by atoms with E-state index in [1.807, 2.05) is 19.4 Å². The lowest BCUT2D eigenvalue weighted by molar-refractivity contribution is 0.174. The maximum atomic E-state index is 5.02. The molecule has 3 heterocycles. The van der Waals surface area contributed by atoms with E-state index in [0.717, 1.165) is 28.7 Å². The standard InChI is InChI=1S/C11H12N4O/c1-7-8(10-3-4-16-14-10)5-12-11-9(7)6-13-15(11)2/h5-6H,3-4H2,1-2H3. The van der Waals surface area contributed by atoms with Crippen LogP contribution >= 0.6 is 0 Å². The molecular weight excluding hydrogens is 204 g/mol. The van der Waals surface area contributed by atoms with Crippen LogP contribution in [-0.4, -0.2) is 27.1 Å². The summed E-state index contributed by atoms with van der Waals surface area (Å²) in [7, 11) is 1.89. The largest absolute Gasteiger partial charge is 0.395 e. The van der Waals surface area contributed by atoms with E-state index in [4.69, 9.17) is 4.84 Å². The first-order valence-electron chi connectivity index (χ1n) is 5.24. The van der Waals surface area contributed by atoms with Crippen LogP contribution in [-0.2, 0) is 11.9 Å². The molecule has 5 nitrogen and oxygen atoms in total. The Morgan fingerprint density at radius 3 is 3.00 bits per heavy atom. The molecule has 0 amide bonds. The zero-order valence-corrected chi connectivity index (χ0v) is 9.27. The molecule has 0 unspecified atom stereocenters. The number of aryl methyl sites for hydroxylation is 2. The van der Waals surface area contributed by atoms with Crippen LogP contribution in [0.5, 0.6) is 0 Å². The minimum atomic E-state index is 0.667. The quantitative estimate of drug-likeness (QED) is 0.724. The number of pyridine rings is 1.